The molecule has 1 atom stereocenters. The van der Waals surface area contributed by atoms with E-state index < -0.39 is 0 Å². The summed E-state index contributed by atoms with van der Waals surface area (Å²) in [7, 11) is 0. The van der Waals surface area contributed by atoms with Crippen LogP contribution in [0.15, 0.2) is 4.79 Å². The average Bonchev–Trinajstić information content (AvgIpc) is 2.67. The Kier molecular flexibility index (Phi) is 2.69. The Bertz CT molecular complexity index is 728. The zero-order valence-corrected chi connectivity index (χ0v) is 11.9. The number of hydrogen-bond donors (Lipinski definition) is 2. The predicted octanol–water partition coefficient (Wildman–Crippen LogP) is 2.89. The van der Waals surface area contributed by atoms with Crippen LogP contribution in [0.1, 0.15) is 30.7 Å². The van der Waals surface area contributed by atoms with Gasteiger partial charge in [-0.1, -0.05) is 6.92 Å². The van der Waals surface area contributed by atoms with Crippen molar-refractivity contribution in [2.75, 3.05) is 0 Å². The molecule has 3 rings (SSSR count). The van der Waals surface area contributed by atoms with Gasteiger partial charge in [-0.2, -0.15) is 0 Å². The largest absolute Gasteiger partial charge is 0.370 e. The lowest BCUT2D eigenvalue weighted by molar-refractivity contribution is -0.0546. The molecule has 0 aliphatic carbocycles. The van der Waals surface area contributed by atoms with E-state index in [4.69, 9.17) is 17.0 Å². The maximum absolute atomic E-state index is 11.9. The number of thiophene rings is 1. The summed E-state index contributed by atoms with van der Waals surface area (Å²) >= 11 is 6.57. The number of nitrogens with one attached hydrogen (secondary N) is 2. The van der Waals surface area contributed by atoms with Crippen molar-refractivity contribution in [2.45, 2.75) is 38.9 Å². The van der Waals surface area contributed by atoms with Crippen molar-refractivity contribution in [1.29, 1.82) is 0 Å². The zero-order chi connectivity index (χ0) is 12.9. The molecule has 0 saturated heterocycles. The molecule has 0 saturated carbocycles. The minimum Gasteiger partial charge on any atom is -0.370 e. The van der Waals surface area contributed by atoms with Crippen LogP contribution in [-0.2, 0) is 17.8 Å². The molecule has 4 nitrogen and oxygen atoms in total. The summed E-state index contributed by atoms with van der Waals surface area (Å²) in [5.41, 5.74) is 1.73. The second kappa shape index (κ2) is 4.01. The first-order chi connectivity index (χ1) is 8.52. The number of rotatable bonds is 1. The van der Waals surface area contributed by atoms with E-state index in [9.17, 15) is 4.79 Å². The second-order valence-electron chi connectivity index (χ2n) is 4.89. The Morgan fingerprint density at radius 3 is 3.00 bits per heavy atom. The van der Waals surface area contributed by atoms with Gasteiger partial charge >= 0.3 is 0 Å². The SMILES string of the molecule is CC[C@]1(C)Cc2sc3c(=O)[nH]c(=S)[nH]c3c2CO1. The Balaban J connectivity index is 2.25. The Hall–Kier alpha value is -0.980. The Morgan fingerprint density at radius 1 is 1.50 bits per heavy atom. The second-order valence-corrected chi connectivity index (χ2v) is 6.40. The van der Waals surface area contributed by atoms with Crippen LogP contribution in [0.2, 0.25) is 0 Å². The van der Waals surface area contributed by atoms with Crippen LogP contribution in [0.5, 0.6) is 0 Å². The third-order valence-electron chi connectivity index (χ3n) is 3.61. The summed E-state index contributed by atoms with van der Waals surface area (Å²) < 4.78 is 7.02. The van der Waals surface area contributed by atoms with Gasteiger partial charge in [0, 0.05) is 16.9 Å². The first kappa shape index (κ1) is 12.1. The summed E-state index contributed by atoms with van der Waals surface area (Å²) in [5, 5.41) is 0. The molecule has 1 aliphatic rings. The normalized spacial score (nSPS) is 23.2. The lowest BCUT2D eigenvalue weighted by Crippen LogP contribution is -2.33. The van der Waals surface area contributed by atoms with Crippen molar-refractivity contribution in [1.82, 2.24) is 9.97 Å². The van der Waals surface area contributed by atoms with Gasteiger partial charge < -0.3 is 9.72 Å². The number of fused-ring (bicyclic) bond motifs is 3. The fourth-order valence-electron chi connectivity index (χ4n) is 2.27. The standard InChI is InChI=1S/C12H14N2O2S2/c1-3-12(2)4-7-6(5-16-12)8-9(18-7)10(15)14-11(17)13-8/h3-5H2,1-2H3,(H2,13,14,15,17)/t12-/m1/s1. The maximum Gasteiger partial charge on any atom is 0.269 e. The van der Waals surface area contributed by atoms with Gasteiger partial charge in [0.1, 0.15) is 4.70 Å². The van der Waals surface area contributed by atoms with Crippen LogP contribution < -0.4 is 5.56 Å². The molecule has 6 heteroatoms. The van der Waals surface area contributed by atoms with Crippen LogP contribution >= 0.6 is 23.6 Å². The monoisotopic (exact) mass is 282 g/mol. The van der Waals surface area contributed by atoms with Crippen LogP contribution in [0.25, 0.3) is 10.2 Å². The molecule has 96 valence electrons. The molecular formula is C12H14N2O2S2. The third kappa shape index (κ3) is 1.75. The van der Waals surface area contributed by atoms with Gasteiger partial charge in [0.15, 0.2) is 4.77 Å². The van der Waals surface area contributed by atoms with Crippen LogP contribution in [0.4, 0.5) is 0 Å². The molecule has 0 amide bonds. The summed E-state index contributed by atoms with van der Waals surface area (Å²) in [4.78, 5) is 18.8. The van der Waals surface area contributed by atoms with E-state index in [0.717, 1.165) is 28.6 Å². The maximum atomic E-state index is 11.9. The number of aromatic nitrogens is 2. The minimum atomic E-state index is -0.114. The fourth-order valence-corrected chi connectivity index (χ4v) is 3.79. The van der Waals surface area contributed by atoms with E-state index in [1.54, 1.807) is 11.3 Å². The van der Waals surface area contributed by atoms with E-state index in [1.165, 1.54) is 4.88 Å². The number of ether oxygens (including phenoxy) is 1. The van der Waals surface area contributed by atoms with Crippen molar-refractivity contribution in [2.24, 2.45) is 0 Å². The lowest BCUT2D eigenvalue weighted by atomic mass is 9.93. The van der Waals surface area contributed by atoms with E-state index in [1.807, 2.05) is 0 Å². The average molecular weight is 282 g/mol. The Labute approximate surface area is 113 Å². The molecule has 0 bridgehead atoms. The van der Waals surface area contributed by atoms with Crippen molar-refractivity contribution in [3.63, 3.8) is 0 Å². The molecular weight excluding hydrogens is 268 g/mol. The molecule has 0 spiro atoms. The summed E-state index contributed by atoms with van der Waals surface area (Å²) in [6, 6.07) is 0. The van der Waals surface area contributed by atoms with Gasteiger partial charge in [-0.05, 0) is 25.6 Å². The Morgan fingerprint density at radius 2 is 2.28 bits per heavy atom. The van der Waals surface area contributed by atoms with E-state index >= 15 is 0 Å². The lowest BCUT2D eigenvalue weighted by Gasteiger charge is -2.32. The summed E-state index contributed by atoms with van der Waals surface area (Å²) in [6.07, 6.45) is 1.82. The molecule has 2 aromatic rings. The topological polar surface area (TPSA) is 57.9 Å². The zero-order valence-electron chi connectivity index (χ0n) is 10.3. The molecule has 0 fully saturated rings. The van der Waals surface area contributed by atoms with Crippen molar-refractivity contribution < 1.29 is 4.74 Å². The van der Waals surface area contributed by atoms with E-state index in [0.29, 0.717) is 11.4 Å². The molecule has 3 heterocycles. The van der Waals surface area contributed by atoms with Gasteiger partial charge in [-0.25, -0.2) is 0 Å². The van der Waals surface area contributed by atoms with E-state index in [2.05, 4.69) is 23.8 Å². The first-order valence-corrected chi connectivity index (χ1v) is 7.16. The highest BCUT2D eigenvalue weighted by molar-refractivity contribution is 7.71. The molecule has 2 N–H and O–H groups in total. The smallest absolute Gasteiger partial charge is 0.269 e. The van der Waals surface area contributed by atoms with Crippen LogP contribution in [-0.4, -0.2) is 15.6 Å². The number of H-pyrrole nitrogens is 2. The van der Waals surface area contributed by atoms with Gasteiger partial charge in [0.2, 0.25) is 0 Å². The fraction of sp³-hybridized carbons (Fsp3) is 0.500. The molecule has 2 aromatic heterocycles. The van der Waals surface area contributed by atoms with Crippen molar-refractivity contribution >= 4 is 33.8 Å². The molecule has 0 unspecified atom stereocenters. The van der Waals surface area contributed by atoms with Gasteiger partial charge in [0.25, 0.3) is 5.56 Å². The molecule has 0 radical (unpaired) electrons. The van der Waals surface area contributed by atoms with Crippen molar-refractivity contribution in [3.8, 4) is 0 Å². The minimum absolute atomic E-state index is 0.105. The molecule has 18 heavy (non-hydrogen) atoms. The highest BCUT2D eigenvalue weighted by Crippen LogP contribution is 2.37. The highest BCUT2D eigenvalue weighted by atomic mass is 32.1. The quantitative estimate of drug-likeness (QED) is 0.791. The van der Waals surface area contributed by atoms with Crippen LogP contribution in [0, 0.1) is 4.77 Å². The summed E-state index contributed by atoms with van der Waals surface area (Å²) in [5.74, 6) is 0. The predicted molar refractivity (Wildman–Crippen MR) is 74.8 cm³/mol. The number of aromatic amines is 2. The molecule has 1 aliphatic heterocycles. The van der Waals surface area contributed by atoms with Crippen LogP contribution in [0.3, 0.4) is 0 Å². The summed E-state index contributed by atoms with van der Waals surface area (Å²) in [6.45, 7) is 4.79. The number of hydrogen-bond acceptors (Lipinski definition) is 4. The highest BCUT2D eigenvalue weighted by Gasteiger charge is 2.32. The van der Waals surface area contributed by atoms with Gasteiger partial charge in [0.05, 0.1) is 17.7 Å². The first-order valence-electron chi connectivity index (χ1n) is 5.93. The third-order valence-corrected chi connectivity index (χ3v) is 5.04. The van der Waals surface area contributed by atoms with E-state index in [-0.39, 0.29) is 11.2 Å². The van der Waals surface area contributed by atoms with Crippen molar-refractivity contribution in [3.05, 3.63) is 25.6 Å². The van der Waals surface area contributed by atoms with Gasteiger partial charge in [-0.3, -0.25) is 9.78 Å². The molecule has 0 aromatic carbocycles. The van der Waals surface area contributed by atoms with Gasteiger partial charge in [-0.15, -0.1) is 11.3 Å².